The second kappa shape index (κ2) is 6.05. The highest BCUT2D eigenvalue weighted by Gasteiger charge is 2.22. The highest BCUT2D eigenvalue weighted by Crippen LogP contribution is 2.27. The van der Waals surface area contributed by atoms with Crippen LogP contribution in [0.2, 0.25) is 0 Å². The molecule has 0 saturated carbocycles. The lowest BCUT2D eigenvalue weighted by Crippen LogP contribution is -2.21. The van der Waals surface area contributed by atoms with E-state index in [0.29, 0.717) is 15.7 Å². The van der Waals surface area contributed by atoms with Gasteiger partial charge in [-0.05, 0) is 37.3 Å². The minimum atomic E-state index is -1.07. The van der Waals surface area contributed by atoms with E-state index >= 15 is 0 Å². The number of aliphatic carboxylic acids is 1. The minimum Gasteiger partial charge on any atom is -0.479 e. The summed E-state index contributed by atoms with van der Waals surface area (Å²) in [6, 6.07) is 10.3. The molecule has 0 heterocycles. The van der Waals surface area contributed by atoms with Crippen LogP contribution in [0.5, 0.6) is 0 Å². The van der Waals surface area contributed by atoms with E-state index in [1.54, 1.807) is 12.1 Å². The Morgan fingerprint density at radius 3 is 2.50 bits per heavy atom. The summed E-state index contributed by atoms with van der Waals surface area (Å²) in [5.74, 6) is -1.54. The Morgan fingerprint density at radius 1 is 1.25 bits per heavy atom. The molecule has 0 spiro atoms. The molecular weight excluding hydrogens is 325 g/mol. The minimum absolute atomic E-state index is 0.345. The fourth-order valence-electron chi connectivity index (χ4n) is 1.82. The van der Waals surface area contributed by atoms with Crippen LogP contribution in [-0.2, 0) is 4.79 Å². The first-order valence-electron chi connectivity index (χ1n) is 5.98. The van der Waals surface area contributed by atoms with Gasteiger partial charge in [0.25, 0.3) is 0 Å². The van der Waals surface area contributed by atoms with Crippen molar-refractivity contribution in [1.29, 1.82) is 0 Å². The maximum Gasteiger partial charge on any atom is 0.330 e. The van der Waals surface area contributed by atoms with E-state index in [1.165, 1.54) is 18.2 Å². The van der Waals surface area contributed by atoms with E-state index in [2.05, 4.69) is 21.2 Å². The average molecular weight is 338 g/mol. The number of rotatable bonds is 4. The second-order valence-corrected chi connectivity index (χ2v) is 5.30. The molecule has 104 valence electrons. The molecule has 0 aliphatic heterocycles. The van der Waals surface area contributed by atoms with E-state index in [0.717, 1.165) is 5.56 Å². The van der Waals surface area contributed by atoms with Crippen LogP contribution < -0.4 is 5.32 Å². The van der Waals surface area contributed by atoms with Crippen LogP contribution in [0.15, 0.2) is 46.9 Å². The molecular formula is C15H13BrFNO2. The zero-order valence-corrected chi connectivity index (χ0v) is 12.3. The zero-order chi connectivity index (χ0) is 14.7. The third-order valence-electron chi connectivity index (χ3n) is 2.88. The molecule has 0 aromatic heterocycles. The average Bonchev–Trinajstić information content (AvgIpc) is 2.41. The van der Waals surface area contributed by atoms with E-state index in [1.807, 2.05) is 19.1 Å². The van der Waals surface area contributed by atoms with Crippen LogP contribution in [0.3, 0.4) is 0 Å². The maximum absolute atomic E-state index is 13.3. The van der Waals surface area contributed by atoms with Gasteiger partial charge in [-0.1, -0.05) is 33.6 Å². The molecule has 0 amide bonds. The quantitative estimate of drug-likeness (QED) is 0.881. The SMILES string of the molecule is Cc1ccc(NC(C(=O)O)c2cc(F)ccc2Br)cc1. The maximum atomic E-state index is 13.3. The van der Waals surface area contributed by atoms with E-state index in [9.17, 15) is 14.3 Å². The first kappa shape index (κ1) is 14.5. The highest BCUT2D eigenvalue weighted by molar-refractivity contribution is 9.10. The predicted molar refractivity (Wildman–Crippen MR) is 79.3 cm³/mol. The van der Waals surface area contributed by atoms with Gasteiger partial charge in [-0.25, -0.2) is 9.18 Å². The van der Waals surface area contributed by atoms with Crippen LogP contribution in [0, 0.1) is 12.7 Å². The van der Waals surface area contributed by atoms with E-state index in [4.69, 9.17) is 0 Å². The number of carbonyl (C=O) groups is 1. The summed E-state index contributed by atoms with van der Waals surface area (Å²) in [5, 5.41) is 12.2. The van der Waals surface area contributed by atoms with Crippen molar-refractivity contribution in [2.24, 2.45) is 0 Å². The number of carboxylic acids is 1. The summed E-state index contributed by atoms with van der Waals surface area (Å²) in [4.78, 5) is 11.4. The topological polar surface area (TPSA) is 49.3 Å². The standard InChI is InChI=1S/C15H13BrFNO2/c1-9-2-5-11(6-3-9)18-14(15(19)20)12-8-10(17)4-7-13(12)16/h2-8,14,18H,1H3,(H,19,20). The predicted octanol–water partition coefficient (Wildman–Crippen LogP) is 4.13. The number of hydrogen-bond donors (Lipinski definition) is 2. The van der Waals surface area contributed by atoms with Crippen molar-refractivity contribution in [3.8, 4) is 0 Å². The lowest BCUT2D eigenvalue weighted by atomic mass is 10.1. The molecule has 2 N–H and O–H groups in total. The smallest absolute Gasteiger partial charge is 0.330 e. The van der Waals surface area contributed by atoms with Gasteiger partial charge in [-0.3, -0.25) is 0 Å². The molecule has 20 heavy (non-hydrogen) atoms. The lowest BCUT2D eigenvalue weighted by Gasteiger charge is -2.17. The Morgan fingerprint density at radius 2 is 1.90 bits per heavy atom. The summed E-state index contributed by atoms with van der Waals surface area (Å²) in [7, 11) is 0. The van der Waals surface area contributed by atoms with Crippen molar-refractivity contribution in [3.05, 3.63) is 63.9 Å². The third-order valence-corrected chi connectivity index (χ3v) is 3.60. The Balaban J connectivity index is 2.34. The van der Waals surface area contributed by atoms with Gasteiger partial charge in [0.1, 0.15) is 5.82 Å². The van der Waals surface area contributed by atoms with Gasteiger partial charge >= 0.3 is 5.97 Å². The molecule has 1 atom stereocenters. The van der Waals surface area contributed by atoms with Gasteiger partial charge < -0.3 is 10.4 Å². The van der Waals surface area contributed by atoms with Crippen molar-refractivity contribution in [1.82, 2.24) is 0 Å². The first-order chi connectivity index (χ1) is 9.47. The molecule has 0 radical (unpaired) electrons. The Bertz CT molecular complexity index is 628. The zero-order valence-electron chi connectivity index (χ0n) is 10.7. The number of hydrogen-bond acceptors (Lipinski definition) is 2. The van der Waals surface area contributed by atoms with Gasteiger partial charge in [0.05, 0.1) is 0 Å². The Hall–Kier alpha value is -1.88. The largest absolute Gasteiger partial charge is 0.479 e. The molecule has 0 saturated heterocycles. The van der Waals surface area contributed by atoms with Crippen LogP contribution in [-0.4, -0.2) is 11.1 Å². The fraction of sp³-hybridized carbons (Fsp3) is 0.133. The Kier molecular flexibility index (Phi) is 4.39. The molecule has 0 aliphatic carbocycles. The monoisotopic (exact) mass is 337 g/mol. The number of aryl methyl sites for hydroxylation is 1. The summed E-state index contributed by atoms with van der Waals surface area (Å²) in [6.07, 6.45) is 0. The highest BCUT2D eigenvalue weighted by atomic mass is 79.9. The van der Waals surface area contributed by atoms with Crippen LogP contribution >= 0.6 is 15.9 Å². The van der Waals surface area contributed by atoms with Crippen LogP contribution in [0.4, 0.5) is 10.1 Å². The molecule has 2 aromatic carbocycles. The number of anilines is 1. The number of nitrogens with one attached hydrogen (secondary N) is 1. The molecule has 5 heteroatoms. The number of benzene rings is 2. The normalized spacial score (nSPS) is 11.9. The van der Waals surface area contributed by atoms with Crippen molar-refractivity contribution in [2.45, 2.75) is 13.0 Å². The molecule has 2 rings (SSSR count). The van der Waals surface area contributed by atoms with Gasteiger partial charge in [0, 0.05) is 15.7 Å². The summed E-state index contributed by atoms with van der Waals surface area (Å²) in [6.45, 7) is 1.95. The Labute approximate surface area is 124 Å². The van der Waals surface area contributed by atoms with Crippen molar-refractivity contribution in [2.75, 3.05) is 5.32 Å². The number of halogens is 2. The molecule has 0 aliphatic rings. The van der Waals surface area contributed by atoms with E-state index in [-0.39, 0.29) is 0 Å². The molecule has 1 unspecified atom stereocenters. The number of carboxylic acid groups (broad SMARTS) is 1. The fourth-order valence-corrected chi connectivity index (χ4v) is 2.30. The van der Waals surface area contributed by atoms with Crippen LogP contribution in [0.1, 0.15) is 17.2 Å². The lowest BCUT2D eigenvalue weighted by molar-refractivity contribution is -0.138. The summed E-state index contributed by atoms with van der Waals surface area (Å²) < 4.78 is 13.9. The van der Waals surface area contributed by atoms with Gasteiger partial charge in [0.2, 0.25) is 0 Å². The third kappa shape index (κ3) is 3.36. The second-order valence-electron chi connectivity index (χ2n) is 4.45. The van der Waals surface area contributed by atoms with Gasteiger partial charge in [-0.2, -0.15) is 0 Å². The van der Waals surface area contributed by atoms with Crippen LogP contribution in [0.25, 0.3) is 0 Å². The van der Waals surface area contributed by atoms with Gasteiger partial charge in [0.15, 0.2) is 6.04 Å². The molecule has 0 fully saturated rings. The first-order valence-corrected chi connectivity index (χ1v) is 6.77. The summed E-state index contributed by atoms with van der Waals surface area (Å²) in [5.41, 5.74) is 2.09. The van der Waals surface area contributed by atoms with Gasteiger partial charge in [-0.15, -0.1) is 0 Å². The molecule has 0 bridgehead atoms. The molecule has 2 aromatic rings. The summed E-state index contributed by atoms with van der Waals surface area (Å²) >= 11 is 3.25. The van der Waals surface area contributed by atoms with E-state index < -0.39 is 17.8 Å². The molecule has 3 nitrogen and oxygen atoms in total. The van der Waals surface area contributed by atoms with Crippen molar-refractivity contribution >= 4 is 27.6 Å². The van der Waals surface area contributed by atoms with Crippen molar-refractivity contribution in [3.63, 3.8) is 0 Å². The van der Waals surface area contributed by atoms with Crippen molar-refractivity contribution < 1.29 is 14.3 Å².